The second-order valence-corrected chi connectivity index (χ2v) is 4.89. The average Bonchev–Trinajstić information content (AvgIpc) is 2.66. The second kappa shape index (κ2) is 6.58. The summed E-state index contributed by atoms with van der Waals surface area (Å²) in [5.41, 5.74) is 0. The van der Waals surface area contributed by atoms with Gasteiger partial charge in [-0.3, -0.25) is 9.59 Å². The first-order valence-electron chi connectivity index (χ1n) is 5.31. The van der Waals surface area contributed by atoms with E-state index in [0.29, 0.717) is 5.92 Å². The molecule has 1 saturated heterocycles. The second-order valence-electron chi connectivity index (χ2n) is 3.91. The number of aliphatic carboxylic acids is 1. The number of rotatable bonds is 6. The molecule has 16 heavy (non-hydrogen) atoms. The van der Waals surface area contributed by atoms with Crippen LogP contribution in [-0.2, 0) is 9.59 Å². The number of carbonyl (C=O) groups is 2. The average molecular weight is 243 g/mol. The third-order valence-electron chi connectivity index (χ3n) is 2.59. The van der Waals surface area contributed by atoms with Crippen LogP contribution < -0.4 is 0 Å². The zero-order valence-corrected chi connectivity index (χ0v) is 10.0. The maximum absolute atomic E-state index is 11.7. The SMILES string of the molecule is C=CCC1CCN(C(=O)CSCC(=O)O)C1. The molecule has 1 unspecified atom stereocenters. The molecule has 1 aliphatic heterocycles. The highest BCUT2D eigenvalue weighted by Gasteiger charge is 2.24. The molecule has 1 heterocycles. The Morgan fingerprint density at radius 3 is 2.88 bits per heavy atom. The van der Waals surface area contributed by atoms with E-state index >= 15 is 0 Å². The third-order valence-corrected chi connectivity index (χ3v) is 3.49. The monoisotopic (exact) mass is 243 g/mol. The quantitative estimate of drug-likeness (QED) is 0.713. The van der Waals surface area contributed by atoms with Gasteiger partial charge in [0, 0.05) is 13.1 Å². The summed E-state index contributed by atoms with van der Waals surface area (Å²) in [7, 11) is 0. The highest BCUT2D eigenvalue weighted by Crippen LogP contribution is 2.20. The van der Waals surface area contributed by atoms with Crippen LogP contribution in [-0.4, -0.2) is 46.5 Å². The molecule has 0 spiro atoms. The van der Waals surface area contributed by atoms with Crippen LogP contribution in [0.5, 0.6) is 0 Å². The van der Waals surface area contributed by atoms with E-state index in [2.05, 4.69) is 6.58 Å². The molecular weight excluding hydrogens is 226 g/mol. The number of nitrogens with zero attached hydrogens (tertiary/aromatic N) is 1. The number of carboxylic acid groups (broad SMARTS) is 1. The number of likely N-dealkylation sites (tertiary alicyclic amines) is 1. The van der Waals surface area contributed by atoms with Crippen molar-refractivity contribution in [2.45, 2.75) is 12.8 Å². The molecule has 1 atom stereocenters. The van der Waals surface area contributed by atoms with Gasteiger partial charge in [-0.05, 0) is 18.8 Å². The lowest BCUT2D eigenvalue weighted by Gasteiger charge is -2.15. The summed E-state index contributed by atoms with van der Waals surface area (Å²) in [5, 5.41) is 8.45. The zero-order valence-electron chi connectivity index (χ0n) is 9.22. The molecular formula is C11H17NO3S. The normalized spacial score (nSPS) is 19.8. The van der Waals surface area contributed by atoms with Crippen LogP contribution in [0.25, 0.3) is 0 Å². The predicted molar refractivity (Wildman–Crippen MR) is 64.5 cm³/mol. The van der Waals surface area contributed by atoms with Crippen molar-refractivity contribution in [1.82, 2.24) is 4.90 Å². The highest BCUT2D eigenvalue weighted by molar-refractivity contribution is 8.00. The molecule has 0 saturated carbocycles. The number of hydrogen-bond acceptors (Lipinski definition) is 3. The van der Waals surface area contributed by atoms with Crippen LogP contribution in [0.1, 0.15) is 12.8 Å². The molecule has 1 N–H and O–H groups in total. The molecule has 0 aromatic rings. The Morgan fingerprint density at radius 2 is 2.25 bits per heavy atom. The number of thioether (sulfide) groups is 1. The molecule has 4 nitrogen and oxygen atoms in total. The fraction of sp³-hybridized carbons (Fsp3) is 0.636. The molecule has 0 aromatic heterocycles. The van der Waals surface area contributed by atoms with Crippen LogP contribution in [0.3, 0.4) is 0 Å². The van der Waals surface area contributed by atoms with Gasteiger partial charge in [0.15, 0.2) is 0 Å². The first-order chi connectivity index (χ1) is 7.63. The van der Waals surface area contributed by atoms with Crippen LogP contribution >= 0.6 is 11.8 Å². The maximum atomic E-state index is 11.7. The molecule has 0 aromatic carbocycles. The van der Waals surface area contributed by atoms with E-state index in [4.69, 9.17) is 5.11 Å². The Labute approximate surface area is 99.7 Å². The van der Waals surface area contributed by atoms with E-state index in [0.717, 1.165) is 37.7 Å². The molecule has 1 amide bonds. The maximum Gasteiger partial charge on any atom is 0.313 e. The van der Waals surface area contributed by atoms with Gasteiger partial charge in [0.25, 0.3) is 0 Å². The van der Waals surface area contributed by atoms with E-state index in [9.17, 15) is 9.59 Å². The lowest BCUT2D eigenvalue weighted by Crippen LogP contribution is -2.30. The Balaban J connectivity index is 2.22. The fourth-order valence-corrected chi connectivity index (χ4v) is 2.44. The summed E-state index contributed by atoms with van der Waals surface area (Å²) in [5.74, 6) is -0.0181. The minimum atomic E-state index is -0.872. The minimum Gasteiger partial charge on any atom is -0.481 e. The van der Waals surface area contributed by atoms with Crippen molar-refractivity contribution in [2.24, 2.45) is 5.92 Å². The highest BCUT2D eigenvalue weighted by atomic mass is 32.2. The van der Waals surface area contributed by atoms with Crippen molar-refractivity contribution in [3.8, 4) is 0 Å². The lowest BCUT2D eigenvalue weighted by molar-refractivity contribution is -0.133. The van der Waals surface area contributed by atoms with Crippen molar-refractivity contribution in [3.63, 3.8) is 0 Å². The summed E-state index contributed by atoms with van der Waals surface area (Å²) in [6.45, 7) is 5.28. The number of allylic oxidation sites excluding steroid dienone is 1. The molecule has 1 rings (SSSR count). The first-order valence-corrected chi connectivity index (χ1v) is 6.47. The molecule has 0 aliphatic carbocycles. The van der Waals surface area contributed by atoms with E-state index < -0.39 is 5.97 Å². The summed E-state index contributed by atoms with van der Waals surface area (Å²) < 4.78 is 0. The van der Waals surface area contributed by atoms with E-state index in [1.807, 2.05) is 11.0 Å². The molecule has 90 valence electrons. The van der Waals surface area contributed by atoms with Crippen molar-refractivity contribution in [2.75, 3.05) is 24.6 Å². The van der Waals surface area contributed by atoms with Gasteiger partial charge in [0.2, 0.25) is 5.91 Å². The van der Waals surface area contributed by atoms with Crippen LogP contribution in [0, 0.1) is 5.92 Å². The minimum absolute atomic E-state index is 0.00430. The summed E-state index contributed by atoms with van der Waals surface area (Å²) >= 11 is 1.16. The summed E-state index contributed by atoms with van der Waals surface area (Å²) in [6.07, 6.45) is 3.87. The van der Waals surface area contributed by atoms with Crippen molar-refractivity contribution >= 4 is 23.6 Å². The topological polar surface area (TPSA) is 57.6 Å². The Hall–Kier alpha value is -0.970. The van der Waals surface area contributed by atoms with Gasteiger partial charge >= 0.3 is 5.97 Å². The Morgan fingerprint density at radius 1 is 1.50 bits per heavy atom. The zero-order chi connectivity index (χ0) is 12.0. The predicted octanol–water partition coefficient (Wildman–Crippen LogP) is 1.23. The van der Waals surface area contributed by atoms with Crippen molar-refractivity contribution in [1.29, 1.82) is 0 Å². The molecule has 1 fully saturated rings. The largest absolute Gasteiger partial charge is 0.481 e. The van der Waals surface area contributed by atoms with E-state index in [1.165, 1.54) is 0 Å². The van der Waals surface area contributed by atoms with Gasteiger partial charge in [-0.15, -0.1) is 18.3 Å². The van der Waals surface area contributed by atoms with Crippen LogP contribution in [0.4, 0.5) is 0 Å². The van der Waals surface area contributed by atoms with Gasteiger partial charge in [-0.2, -0.15) is 0 Å². The fourth-order valence-electron chi connectivity index (χ4n) is 1.80. The van der Waals surface area contributed by atoms with Gasteiger partial charge in [-0.1, -0.05) is 6.08 Å². The van der Waals surface area contributed by atoms with Gasteiger partial charge in [-0.25, -0.2) is 0 Å². The molecule has 1 aliphatic rings. The molecule has 5 heteroatoms. The van der Waals surface area contributed by atoms with Crippen LogP contribution in [0.15, 0.2) is 12.7 Å². The number of amides is 1. The van der Waals surface area contributed by atoms with Gasteiger partial charge in [0.1, 0.15) is 0 Å². The molecule has 0 bridgehead atoms. The molecule has 0 radical (unpaired) electrons. The number of hydrogen-bond donors (Lipinski definition) is 1. The Kier molecular flexibility index (Phi) is 5.38. The first kappa shape index (κ1) is 13.1. The smallest absolute Gasteiger partial charge is 0.313 e. The standard InChI is InChI=1S/C11H17NO3S/c1-2-3-9-4-5-12(6-9)10(13)7-16-8-11(14)15/h2,9H,1,3-8H2,(H,14,15). The van der Waals surface area contributed by atoms with Gasteiger partial charge < -0.3 is 10.0 Å². The van der Waals surface area contributed by atoms with Gasteiger partial charge in [0.05, 0.1) is 11.5 Å². The number of carboxylic acids is 1. The van der Waals surface area contributed by atoms with Crippen molar-refractivity contribution in [3.05, 3.63) is 12.7 Å². The number of carbonyl (C=O) groups excluding carboxylic acids is 1. The third kappa shape index (κ3) is 4.26. The van der Waals surface area contributed by atoms with Crippen molar-refractivity contribution < 1.29 is 14.7 Å². The van der Waals surface area contributed by atoms with E-state index in [1.54, 1.807) is 0 Å². The lowest BCUT2D eigenvalue weighted by atomic mass is 10.1. The summed E-state index contributed by atoms with van der Waals surface area (Å²) in [4.78, 5) is 23.8. The van der Waals surface area contributed by atoms with Crippen LogP contribution in [0.2, 0.25) is 0 Å². The summed E-state index contributed by atoms with van der Waals surface area (Å²) in [6, 6.07) is 0. The Bertz CT molecular complexity index is 280. The van der Waals surface area contributed by atoms with E-state index in [-0.39, 0.29) is 17.4 Å².